The minimum Gasteiger partial charge on any atom is -0.388 e. The first-order chi connectivity index (χ1) is 9.93. The molecule has 1 fully saturated rings. The molecule has 0 aromatic rings. The van der Waals surface area contributed by atoms with Gasteiger partial charge in [0.1, 0.15) is 18.3 Å². The van der Waals surface area contributed by atoms with Crippen molar-refractivity contribution in [3.63, 3.8) is 0 Å². The lowest BCUT2D eigenvalue weighted by molar-refractivity contribution is -0.225. The Morgan fingerprint density at radius 1 is 1.48 bits per heavy atom. The van der Waals surface area contributed by atoms with E-state index in [1.54, 1.807) is 6.92 Å². The van der Waals surface area contributed by atoms with Crippen LogP contribution in [0.2, 0.25) is 0 Å². The number of hydrogen-bond acceptors (Lipinski definition) is 6. The number of halogens is 1. The van der Waals surface area contributed by atoms with Gasteiger partial charge in [-0.25, -0.2) is 4.79 Å². The summed E-state index contributed by atoms with van der Waals surface area (Å²) < 4.78 is 10.3. The summed E-state index contributed by atoms with van der Waals surface area (Å²) in [6, 6.07) is -0.903. The van der Waals surface area contributed by atoms with E-state index in [1.807, 2.05) is 0 Å². The van der Waals surface area contributed by atoms with E-state index in [0.717, 1.165) is 0 Å². The highest BCUT2D eigenvalue weighted by Crippen LogP contribution is 2.21. The number of carbonyl (C=O) groups is 1. The Kier molecular flexibility index (Phi) is 7.64. The Morgan fingerprint density at radius 2 is 2.14 bits per heavy atom. The Bertz CT molecular complexity index is 335. The van der Waals surface area contributed by atoms with Crippen LogP contribution in [0.15, 0.2) is 0 Å². The highest BCUT2D eigenvalue weighted by atomic mass is 35.5. The second kappa shape index (κ2) is 8.72. The number of nitrogens with one attached hydrogen (secondary N) is 1. The van der Waals surface area contributed by atoms with E-state index in [2.05, 4.69) is 5.32 Å². The van der Waals surface area contributed by atoms with Crippen LogP contribution in [0.25, 0.3) is 0 Å². The van der Waals surface area contributed by atoms with Gasteiger partial charge in [-0.05, 0) is 6.92 Å². The average Bonchev–Trinajstić information content (AvgIpc) is 2.45. The Balaban J connectivity index is 2.86. The molecule has 0 radical (unpaired) electrons. The van der Waals surface area contributed by atoms with Gasteiger partial charge < -0.3 is 30.1 Å². The summed E-state index contributed by atoms with van der Waals surface area (Å²) in [5.41, 5.74) is 0. The third kappa shape index (κ3) is 4.67. The molecule has 4 N–H and O–H groups in total. The molecule has 0 saturated carbocycles. The second-order valence-corrected chi connectivity index (χ2v) is 5.28. The highest BCUT2D eigenvalue weighted by molar-refractivity contribution is 6.18. The molecule has 21 heavy (non-hydrogen) atoms. The van der Waals surface area contributed by atoms with Gasteiger partial charge >= 0.3 is 6.03 Å². The van der Waals surface area contributed by atoms with Gasteiger partial charge in [0.05, 0.1) is 19.3 Å². The van der Waals surface area contributed by atoms with E-state index in [1.165, 1.54) is 12.0 Å². The molecule has 1 heterocycles. The average molecular weight is 327 g/mol. The van der Waals surface area contributed by atoms with Crippen LogP contribution in [0.4, 0.5) is 4.79 Å². The van der Waals surface area contributed by atoms with Crippen LogP contribution < -0.4 is 5.32 Å². The van der Waals surface area contributed by atoms with Crippen molar-refractivity contribution in [3.05, 3.63) is 0 Å². The van der Waals surface area contributed by atoms with Gasteiger partial charge in [0, 0.05) is 19.5 Å². The van der Waals surface area contributed by atoms with Crippen molar-refractivity contribution in [1.82, 2.24) is 10.2 Å². The number of nitrogens with zero attached hydrogens (tertiary/aromatic N) is 1. The van der Waals surface area contributed by atoms with Crippen LogP contribution in [0, 0.1) is 0 Å². The van der Waals surface area contributed by atoms with E-state index in [9.17, 15) is 20.1 Å². The molecule has 124 valence electrons. The van der Waals surface area contributed by atoms with Crippen molar-refractivity contribution in [2.45, 2.75) is 37.5 Å². The summed E-state index contributed by atoms with van der Waals surface area (Å²) in [7, 11) is 1.49. The number of aliphatic hydroxyl groups is 3. The summed E-state index contributed by atoms with van der Waals surface area (Å²) in [5.74, 6) is 0.244. The van der Waals surface area contributed by atoms with Crippen molar-refractivity contribution in [1.29, 1.82) is 0 Å². The normalized spacial score (nSPS) is 30.8. The van der Waals surface area contributed by atoms with E-state index in [-0.39, 0.29) is 25.6 Å². The number of urea groups is 1. The van der Waals surface area contributed by atoms with Crippen LogP contribution in [0.1, 0.15) is 6.92 Å². The Hall–Kier alpha value is -0.640. The molecular formula is C12H23ClN2O6. The van der Waals surface area contributed by atoms with Gasteiger partial charge in [-0.2, -0.15) is 0 Å². The zero-order valence-electron chi connectivity index (χ0n) is 12.1. The minimum atomic E-state index is -1.42. The maximum Gasteiger partial charge on any atom is 0.319 e. The smallest absolute Gasteiger partial charge is 0.319 e. The summed E-state index contributed by atoms with van der Waals surface area (Å²) >= 11 is 5.54. The molecule has 0 spiro atoms. The molecule has 5 atom stereocenters. The van der Waals surface area contributed by atoms with E-state index in [0.29, 0.717) is 0 Å². The van der Waals surface area contributed by atoms with Crippen LogP contribution in [-0.2, 0) is 9.47 Å². The first-order valence-electron chi connectivity index (χ1n) is 6.70. The molecule has 0 bridgehead atoms. The monoisotopic (exact) mass is 326 g/mol. The number of methoxy groups -OCH3 is 1. The van der Waals surface area contributed by atoms with Gasteiger partial charge in [-0.15, -0.1) is 11.6 Å². The number of amides is 2. The van der Waals surface area contributed by atoms with E-state index in [4.69, 9.17) is 21.1 Å². The van der Waals surface area contributed by atoms with Crippen LogP contribution >= 0.6 is 11.6 Å². The Morgan fingerprint density at radius 3 is 2.71 bits per heavy atom. The minimum absolute atomic E-state index is 0.179. The van der Waals surface area contributed by atoms with Crippen molar-refractivity contribution < 1.29 is 29.6 Å². The van der Waals surface area contributed by atoms with Crippen LogP contribution in [-0.4, -0.2) is 89.6 Å². The number of rotatable bonds is 6. The standard InChI is InChI=1S/C12H23ClN2O6/c1-7(5-20-2)15(12(19)14-4-3-13)11-10(18)9(17)8(16)6-21-11/h7-11,16-18H,3-6H2,1-2H3,(H,14,19)/t7?,8-,9-,10+,11?/m0/s1. The first-order valence-corrected chi connectivity index (χ1v) is 7.24. The summed E-state index contributed by atoms with van der Waals surface area (Å²) in [6.07, 6.45) is -5.08. The summed E-state index contributed by atoms with van der Waals surface area (Å²) in [4.78, 5) is 13.5. The van der Waals surface area contributed by atoms with Crippen molar-refractivity contribution in [2.75, 3.05) is 32.7 Å². The van der Waals surface area contributed by atoms with Crippen molar-refractivity contribution in [3.8, 4) is 0 Å². The third-order valence-electron chi connectivity index (χ3n) is 3.24. The van der Waals surface area contributed by atoms with Crippen LogP contribution in [0.3, 0.4) is 0 Å². The zero-order valence-corrected chi connectivity index (χ0v) is 12.9. The lowest BCUT2D eigenvalue weighted by Gasteiger charge is -2.43. The van der Waals surface area contributed by atoms with E-state index >= 15 is 0 Å². The van der Waals surface area contributed by atoms with Crippen molar-refractivity contribution in [2.24, 2.45) is 0 Å². The maximum absolute atomic E-state index is 12.2. The lowest BCUT2D eigenvalue weighted by Crippen LogP contribution is -2.64. The SMILES string of the molecule is COCC(C)N(C(=O)NCCCl)C1OC[C@H](O)[C@H](O)[C@H]1O. The fraction of sp³-hybridized carbons (Fsp3) is 0.917. The number of hydrogen-bond donors (Lipinski definition) is 4. The molecule has 2 amide bonds. The third-order valence-corrected chi connectivity index (χ3v) is 3.43. The number of ether oxygens (including phenoxy) is 2. The lowest BCUT2D eigenvalue weighted by atomic mass is 10.0. The zero-order chi connectivity index (χ0) is 16.0. The Labute approximate surface area is 128 Å². The molecule has 8 nitrogen and oxygen atoms in total. The molecular weight excluding hydrogens is 304 g/mol. The molecule has 2 unspecified atom stereocenters. The van der Waals surface area contributed by atoms with Crippen LogP contribution in [0.5, 0.6) is 0 Å². The number of alkyl halides is 1. The maximum atomic E-state index is 12.2. The highest BCUT2D eigenvalue weighted by Gasteiger charge is 2.43. The largest absolute Gasteiger partial charge is 0.388 e. The quantitative estimate of drug-likeness (QED) is 0.452. The predicted molar refractivity (Wildman–Crippen MR) is 75.1 cm³/mol. The molecule has 0 aliphatic carbocycles. The molecule has 0 aromatic carbocycles. The fourth-order valence-electron chi connectivity index (χ4n) is 2.17. The van der Waals surface area contributed by atoms with E-state index < -0.39 is 36.6 Å². The molecule has 0 aromatic heterocycles. The number of aliphatic hydroxyl groups excluding tert-OH is 3. The second-order valence-electron chi connectivity index (χ2n) is 4.90. The topological polar surface area (TPSA) is 111 Å². The fourth-order valence-corrected chi connectivity index (χ4v) is 2.26. The molecule has 1 saturated heterocycles. The summed E-state index contributed by atoms with van der Waals surface area (Å²) in [5, 5.41) is 31.8. The van der Waals surface area contributed by atoms with Gasteiger partial charge in [-0.3, -0.25) is 4.90 Å². The first kappa shape index (κ1) is 18.4. The van der Waals surface area contributed by atoms with Crippen molar-refractivity contribution >= 4 is 17.6 Å². The number of carbonyl (C=O) groups excluding carboxylic acids is 1. The van der Waals surface area contributed by atoms with Gasteiger partial charge in [-0.1, -0.05) is 0 Å². The molecule has 1 aliphatic rings. The van der Waals surface area contributed by atoms with Gasteiger partial charge in [0.15, 0.2) is 6.23 Å². The predicted octanol–water partition coefficient (Wildman–Crippen LogP) is -1.29. The molecule has 1 rings (SSSR count). The van der Waals surface area contributed by atoms with Gasteiger partial charge in [0.2, 0.25) is 0 Å². The molecule has 9 heteroatoms. The molecule has 1 aliphatic heterocycles. The van der Waals surface area contributed by atoms with Gasteiger partial charge in [0.25, 0.3) is 0 Å². The summed E-state index contributed by atoms with van der Waals surface area (Å²) in [6.45, 7) is 2.02.